The molecule has 1 aliphatic heterocycles. The minimum Gasteiger partial charge on any atom is -0.348 e. The van der Waals surface area contributed by atoms with E-state index in [4.69, 9.17) is 0 Å². The quantitative estimate of drug-likeness (QED) is 0.634. The van der Waals surface area contributed by atoms with Gasteiger partial charge < -0.3 is 4.90 Å². The molecule has 1 aromatic carbocycles. The first kappa shape index (κ1) is 20.2. The Labute approximate surface area is 178 Å². The lowest BCUT2D eigenvalue weighted by molar-refractivity contribution is -0.138. The van der Waals surface area contributed by atoms with Gasteiger partial charge in [-0.1, -0.05) is 36.4 Å². The van der Waals surface area contributed by atoms with Crippen LogP contribution in [0.4, 0.5) is 0 Å². The molecule has 1 amide bonds. The molecule has 4 rings (SSSR count). The summed E-state index contributed by atoms with van der Waals surface area (Å²) in [4.78, 5) is 26.1. The predicted octanol–water partition coefficient (Wildman–Crippen LogP) is 3.67. The van der Waals surface area contributed by atoms with Crippen molar-refractivity contribution in [1.29, 1.82) is 0 Å². The van der Waals surface area contributed by atoms with Crippen molar-refractivity contribution in [3.63, 3.8) is 0 Å². The van der Waals surface area contributed by atoms with E-state index < -0.39 is 5.41 Å². The molecule has 0 spiro atoms. The number of carbonyl (C=O) groups is 1. The Kier molecular flexibility index (Phi) is 5.91. The molecule has 0 aliphatic carbocycles. The molecule has 30 heavy (non-hydrogen) atoms. The molecule has 0 bridgehead atoms. The molecule has 1 fully saturated rings. The third-order valence-corrected chi connectivity index (χ3v) is 5.87. The lowest BCUT2D eigenvalue weighted by atomic mass is 9.79. The number of hydrogen-bond acceptors (Lipinski definition) is 4. The van der Waals surface area contributed by atoms with E-state index in [-0.39, 0.29) is 5.91 Å². The molecular weight excluding hydrogens is 372 g/mol. The van der Waals surface area contributed by atoms with E-state index in [1.165, 1.54) is 5.56 Å². The highest BCUT2D eigenvalue weighted by atomic mass is 16.2. The van der Waals surface area contributed by atoms with Crippen LogP contribution in [-0.2, 0) is 17.8 Å². The molecule has 154 valence electrons. The van der Waals surface area contributed by atoms with Crippen LogP contribution in [0, 0.1) is 5.41 Å². The van der Waals surface area contributed by atoms with Crippen LogP contribution in [0.1, 0.15) is 17.7 Å². The minimum atomic E-state index is -0.411. The molecule has 0 unspecified atom stereocenters. The molecule has 3 heterocycles. The zero-order valence-corrected chi connectivity index (χ0v) is 17.7. The smallest absolute Gasteiger partial charge is 0.229 e. The summed E-state index contributed by atoms with van der Waals surface area (Å²) < 4.78 is 0. The maximum atomic E-state index is 13.3. The Balaban J connectivity index is 1.57. The van der Waals surface area contributed by atoms with Crippen molar-refractivity contribution in [2.75, 3.05) is 27.2 Å². The lowest BCUT2D eigenvalue weighted by Gasteiger charge is -2.31. The van der Waals surface area contributed by atoms with Crippen LogP contribution in [0.2, 0.25) is 0 Å². The molecule has 5 nitrogen and oxygen atoms in total. The maximum Gasteiger partial charge on any atom is 0.229 e. The van der Waals surface area contributed by atoms with Gasteiger partial charge in [0.25, 0.3) is 0 Å². The van der Waals surface area contributed by atoms with Crippen LogP contribution < -0.4 is 0 Å². The van der Waals surface area contributed by atoms with Crippen molar-refractivity contribution in [2.24, 2.45) is 5.41 Å². The summed E-state index contributed by atoms with van der Waals surface area (Å²) in [5.41, 5.74) is 4.05. The van der Waals surface area contributed by atoms with E-state index in [1.807, 2.05) is 50.8 Å². The van der Waals surface area contributed by atoms with Gasteiger partial charge in [0.2, 0.25) is 5.91 Å². The number of nitrogens with zero attached hydrogens (tertiary/aromatic N) is 4. The van der Waals surface area contributed by atoms with Crippen molar-refractivity contribution < 1.29 is 4.79 Å². The number of carbonyl (C=O) groups excluding carboxylic acids is 1. The van der Waals surface area contributed by atoms with Crippen molar-refractivity contribution in [1.82, 2.24) is 19.8 Å². The van der Waals surface area contributed by atoms with E-state index in [0.717, 1.165) is 49.3 Å². The highest BCUT2D eigenvalue weighted by Gasteiger charge is 2.45. The largest absolute Gasteiger partial charge is 0.348 e. The fraction of sp³-hybridized carbons (Fsp3) is 0.320. The number of hydrogen-bond donors (Lipinski definition) is 0. The molecule has 1 saturated heterocycles. The van der Waals surface area contributed by atoms with Crippen LogP contribution in [0.25, 0.3) is 11.1 Å². The summed E-state index contributed by atoms with van der Waals surface area (Å²) in [7, 11) is 3.72. The summed E-state index contributed by atoms with van der Waals surface area (Å²) in [5, 5.41) is 0. The van der Waals surface area contributed by atoms with Gasteiger partial charge in [0.15, 0.2) is 0 Å². The number of pyridine rings is 2. The van der Waals surface area contributed by atoms with Crippen molar-refractivity contribution in [2.45, 2.75) is 19.4 Å². The second kappa shape index (κ2) is 8.76. The van der Waals surface area contributed by atoms with Crippen LogP contribution in [0.3, 0.4) is 0 Å². The summed E-state index contributed by atoms with van der Waals surface area (Å²) in [6, 6.07) is 18.5. The Bertz CT molecular complexity index is 990. The standard InChI is InChI=1S/C25H28N4O/c1-28(2)24(30)25(11-14-29(19-25)18-23-10-3-4-13-27-23)16-20-7-5-8-21(15-20)22-9-6-12-26-17-22/h3-10,12-13,15,17H,11,14,16,18-19H2,1-2H3/t25-/m0/s1. The molecule has 3 aromatic rings. The predicted molar refractivity (Wildman–Crippen MR) is 119 cm³/mol. The Hall–Kier alpha value is -3.05. The molecule has 1 atom stereocenters. The highest BCUT2D eigenvalue weighted by molar-refractivity contribution is 5.83. The molecule has 1 aliphatic rings. The zero-order valence-electron chi connectivity index (χ0n) is 17.7. The average molecular weight is 401 g/mol. The second-order valence-electron chi connectivity index (χ2n) is 8.38. The fourth-order valence-electron chi connectivity index (χ4n) is 4.47. The molecular formula is C25H28N4O. The van der Waals surface area contributed by atoms with Gasteiger partial charge in [-0.15, -0.1) is 0 Å². The van der Waals surface area contributed by atoms with E-state index in [1.54, 1.807) is 11.1 Å². The van der Waals surface area contributed by atoms with E-state index >= 15 is 0 Å². The Morgan fingerprint density at radius 1 is 1.07 bits per heavy atom. The van der Waals surface area contributed by atoms with Gasteiger partial charge in [0.05, 0.1) is 11.1 Å². The first-order valence-corrected chi connectivity index (χ1v) is 10.4. The molecule has 2 aromatic heterocycles. The van der Waals surface area contributed by atoms with E-state index in [0.29, 0.717) is 0 Å². The van der Waals surface area contributed by atoms with Crippen LogP contribution >= 0.6 is 0 Å². The fourth-order valence-corrected chi connectivity index (χ4v) is 4.47. The van der Waals surface area contributed by atoms with Crippen molar-refractivity contribution in [3.8, 4) is 11.1 Å². The number of aromatic nitrogens is 2. The van der Waals surface area contributed by atoms with Crippen LogP contribution in [-0.4, -0.2) is 52.9 Å². The Morgan fingerprint density at radius 3 is 2.67 bits per heavy atom. The Morgan fingerprint density at radius 2 is 1.93 bits per heavy atom. The SMILES string of the molecule is CN(C)C(=O)[C@]1(Cc2cccc(-c3cccnc3)c2)CCN(Cc2ccccn2)C1. The van der Waals surface area contributed by atoms with Crippen LogP contribution in [0.15, 0.2) is 73.2 Å². The van der Waals surface area contributed by atoms with E-state index in [2.05, 4.69) is 45.2 Å². The number of likely N-dealkylation sites (tertiary alicyclic amines) is 1. The first-order chi connectivity index (χ1) is 14.6. The maximum absolute atomic E-state index is 13.3. The van der Waals surface area contributed by atoms with Gasteiger partial charge in [-0.3, -0.25) is 19.7 Å². The molecule has 0 radical (unpaired) electrons. The van der Waals surface area contributed by atoms with Gasteiger partial charge in [-0.25, -0.2) is 0 Å². The van der Waals surface area contributed by atoms with Gasteiger partial charge >= 0.3 is 0 Å². The highest BCUT2D eigenvalue weighted by Crippen LogP contribution is 2.37. The summed E-state index contributed by atoms with van der Waals surface area (Å²) in [6.45, 7) is 2.43. The third-order valence-electron chi connectivity index (χ3n) is 5.87. The van der Waals surface area contributed by atoms with Crippen molar-refractivity contribution >= 4 is 5.91 Å². The van der Waals surface area contributed by atoms with Gasteiger partial charge in [-0.2, -0.15) is 0 Å². The number of rotatable bonds is 6. The molecule has 0 saturated carbocycles. The topological polar surface area (TPSA) is 49.3 Å². The molecule has 5 heteroatoms. The number of benzene rings is 1. The van der Waals surface area contributed by atoms with Gasteiger partial charge in [0.1, 0.15) is 0 Å². The second-order valence-corrected chi connectivity index (χ2v) is 8.38. The summed E-state index contributed by atoms with van der Waals surface area (Å²) in [5.74, 6) is 0.206. The summed E-state index contributed by atoms with van der Waals surface area (Å²) >= 11 is 0. The van der Waals surface area contributed by atoms with E-state index in [9.17, 15) is 4.79 Å². The van der Waals surface area contributed by atoms with Crippen LogP contribution in [0.5, 0.6) is 0 Å². The van der Waals surface area contributed by atoms with Gasteiger partial charge in [-0.05, 0) is 54.3 Å². The minimum absolute atomic E-state index is 0.206. The van der Waals surface area contributed by atoms with Crippen molar-refractivity contribution in [3.05, 3.63) is 84.4 Å². The average Bonchev–Trinajstić information content (AvgIpc) is 3.18. The normalized spacial score (nSPS) is 19.0. The first-order valence-electron chi connectivity index (χ1n) is 10.4. The number of amides is 1. The zero-order chi connectivity index (χ0) is 21.0. The monoisotopic (exact) mass is 400 g/mol. The third kappa shape index (κ3) is 4.41. The molecule has 0 N–H and O–H groups in total. The summed E-state index contributed by atoms with van der Waals surface area (Å²) in [6.07, 6.45) is 7.08. The lowest BCUT2D eigenvalue weighted by Crippen LogP contribution is -2.44. The van der Waals surface area contributed by atoms with Gasteiger partial charge in [0, 0.05) is 45.8 Å².